The molecular weight excluding hydrogens is 284 g/mol. The van der Waals surface area contributed by atoms with E-state index in [-0.39, 0.29) is 17.2 Å². The third-order valence-corrected chi connectivity index (χ3v) is 4.58. The van der Waals surface area contributed by atoms with Gasteiger partial charge in [0.25, 0.3) is 0 Å². The van der Waals surface area contributed by atoms with Gasteiger partial charge in [0.05, 0.1) is 5.75 Å². The molecule has 2 amide bonds. The molecule has 1 aromatic carbocycles. The number of carbonyl (C=O) groups is 2. The SMILES string of the molecule is CNC(=O)CCN1C(=O)CS[C@H]1c1ccccc1Cl. The average Bonchev–Trinajstić information content (AvgIpc) is 2.78. The molecule has 2 rings (SSSR count). The molecule has 19 heavy (non-hydrogen) atoms. The van der Waals surface area contributed by atoms with Crippen molar-refractivity contribution in [2.75, 3.05) is 19.3 Å². The van der Waals surface area contributed by atoms with Gasteiger partial charge in [-0.25, -0.2) is 0 Å². The van der Waals surface area contributed by atoms with Crippen molar-refractivity contribution in [3.05, 3.63) is 34.9 Å². The van der Waals surface area contributed by atoms with Crippen LogP contribution in [-0.4, -0.2) is 36.1 Å². The molecule has 0 radical (unpaired) electrons. The first kappa shape index (κ1) is 14.2. The van der Waals surface area contributed by atoms with Gasteiger partial charge in [-0.2, -0.15) is 0 Å². The average molecular weight is 299 g/mol. The van der Waals surface area contributed by atoms with E-state index >= 15 is 0 Å². The molecule has 1 heterocycles. The van der Waals surface area contributed by atoms with Crippen LogP contribution < -0.4 is 5.32 Å². The predicted molar refractivity (Wildman–Crippen MR) is 77.0 cm³/mol. The van der Waals surface area contributed by atoms with Crippen LogP contribution in [0, 0.1) is 0 Å². The van der Waals surface area contributed by atoms with Crippen LogP contribution in [0.4, 0.5) is 0 Å². The molecule has 6 heteroatoms. The van der Waals surface area contributed by atoms with Gasteiger partial charge in [-0.05, 0) is 6.07 Å². The molecule has 1 saturated heterocycles. The van der Waals surface area contributed by atoms with Crippen molar-refractivity contribution >= 4 is 35.2 Å². The Morgan fingerprint density at radius 3 is 2.95 bits per heavy atom. The number of thioether (sulfide) groups is 1. The van der Waals surface area contributed by atoms with E-state index < -0.39 is 0 Å². The topological polar surface area (TPSA) is 49.4 Å². The van der Waals surface area contributed by atoms with Gasteiger partial charge >= 0.3 is 0 Å². The molecule has 0 unspecified atom stereocenters. The Balaban J connectivity index is 2.13. The second-order valence-corrected chi connectivity index (χ2v) is 5.67. The van der Waals surface area contributed by atoms with Gasteiger partial charge in [-0.3, -0.25) is 9.59 Å². The Bertz CT molecular complexity index is 495. The number of hydrogen-bond donors (Lipinski definition) is 1. The monoisotopic (exact) mass is 298 g/mol. The van der Waals surface area contributed by atoms with Gasteiger partial charge in [0.1, 0.15) is 5.37 Å². The number of hydrogen-bond acceptors (Lipinski definition) is 3. The van der Waals surface area contributed by atoms with Crippen LogP contribution in [0.5, 0.6) is 0 Å². The lowest BCUT2D eigenvalue weighted by atomic mass is 10.2. The molecule has 1 aliphatic heterocycles. The third-order valence-electron chi connectivity index (χ3n) is 3.00. The summed E-state index contributed by atoms with van der Waals surface area (Å²) >= 11 is 7.72. The highest BCUT2D eigenvalue weighted by Gasteiger charge is 2.33. The molecule has 1 fully saturated rings. The maximum absolute atomic E-state index is 11.9. The number of halogens is 1. The Hall–Kier alpha value is -1.20. The predicted octanol–water partition coefficient (Wildman–Crippen LogP) is 2.05. The quantitative estimate of drug-likeness (QED) is 0.925. The molecule has 1 aliphatic rings. The summed E-state index contributed by atoms with van der Waals surface area (Å²) in [6, 6.07) is 7.51. The summed E-state index contributed by atoms with van der Waals surface area (Å²) in [5.41, 5.74) is 0.928. The first-order chi connectivity index (χ1) is 9.13. The Morgan fingerprint density at radius 1 is 1.53 bits per heavy atom. The van der Waals surface area contributed by atoms with Crippen LogP contribution in [0.2, 0.25) is 5.02 Å². The highest BCUT2D eigenvalue weighted by molar-refractivity contribution is 8.00. The van der Waals surface area contributed by atoms with Crippen molar-refractivity contribution in [2.24, 2.45) is 0 Å². The van der Waals surface area contributed by atoms with E-state index in [4.69, 9.17) is 11.6 Å². The second-order valence-electron chi connectivity index (χ2n) is 4.20. The van der Waals surface area contributed by atoms with Crippen molar-refractivity contribution in [1.29, 1.82) is 0 Å². The third kappa shape index (κ3) is 3.22. The van der Waals surface area contributed by atoms with Gasteiger partial charge in [0.15, 0.2) is 0 Å². The zero-order valence-corrected chi connectivity index (χ0v) is 12.1. The lowest BCUT2D eigenvalue weighted by molar-refractivity contribution is -0.129. The zero-order valence-electron chi connectivity index (χ0n) is 10.6. The smallest absolute Gasteiger partial charge is 0.233 e. The standard InChI is InChI=1S/C13H15ClN2O2S/c1-15-11(17)6-7-16-12(18)8-19-13(16)9-4-2-3-5-10(9)14/h2-5,13H,6-8H2,1H3,(H,15,17)/t13-/m0/s1. The summed E-state index contributed by atoms with van der Waals surface area (Å²) in [5.74, 6) is 0.422. The number of rotatable bonds is 4. The van der Waals surface area contributed by atoms with Crippen molar-refractivity contribution in [3.63, 3.8) is 0 Å². The minimum Gasteiger partial charge on any atom is -0.359 e. The largest absolute Gasteiger partial charge is 0.359 e. The summed E-state index contributed by atoms with van der Waals surface area (Å²) < 4.78 is 0. The number of nitrogens with zero attached hydrogens (tertiary/aromatic N) is 1. The van der Waals surface area contributed by atoms with Crippen LogP contribution >= 0.6 is 23.4 Å². The first-order valence-corrected chi connectivity index (χ1v) is 7.42. The molecule has 1 atom stereocenters. The molecule has 1 aromatic rings. The van der Waals surface area contributed by atoms with Crippen molar-refractivity contribution < 1.29 is 9.59 Å². The van der Waals surface area contributed by atoms with E-state index in [2.05, 4.69) is 5.32 Å². The first-order valence-electron chi connectivity index (χ1n) is 5.99. The van der Waals surface area contributed by atoms with E-state index in [0.29, 0.717) is 23.7 Å². The Kier molecular flexibility index (Phi) is 4.71. The fourth-order valence-corrected chi connectivity index (χ4v) is 3.53. The van der Waals surface area contributed by atoms with Gasteiger partial charge in [0, 0.05) is 30.6 Å². The maximum Gasteiger partial charge on any atom is 0.233 e. The molecule has 1 N–H and O–H groups in total. The van der Waals surface area contributed by atoms with Crippen molar-refractivity contribution in [3.8, 4) is 0 Å². The summed E-state index contributed by atoms with van der Waals surface area (Å²) in [4.78, 5) is 24.9. The van der Waals surface area contributed by atoms with E-state index in [9.17, 15) is 9.59 Å². The normalized spacial score (nSPS) is 18.7. The van der Waals surface area contributed by atoms with E-state index in [1.807, 2.05) is 24.3 Å². The fraction of sp³-hybridized carbons (Fsp3) is 0.385. The lowest BCUT2D eigenvalue weighted by Crippen LogP contribution is -2.32. The Morgan fingerprint density at radius 2 is 2.26 bits per heavy atom. The maximum atomic E-state index is 11.9. The number of nitrogens with one attached hydrogen (secondary N) is 1. The zero-order chi connectivity index (χ0) is 13.8. The lowest BCUT2D eigenvalue weighted by Gasteiger charge is -2.24. The van der Waals surface area contributed by atoms with Crippen LogP contribution in [0.3, 0.4) is 0 Å². The summed E-state index contributed by atoms with van der Waals surface area (Å²) in [7, 11) is 1.59. The van der Waals surface area contributed by atoms with Crippen molar-refractivity contribution in [2.45, 2.75) is 11.8 Å². The minimum atomic E-state index is -0.0918. The second kappa shape index (κ2) is 6.30. The van der Waals surface area contributed by atoms with Crippen LogP contribution in [0.15, 0.2) is 24.3 Å². The molecule has 102 valence electrons. The fourth-order valence-electron chi connectivity index (χ4n) is 1.98. The molecule has 0 aliphatic carbocycles. The van der Waals surface area contributed by atoms with E-state index in [1.54, 1.807) is 23.7 Å². The molecule has 0 bridgehead atoms. The Labute approximate surface area is 121 Å². The molecule has 0 aromatic heterocycles. The number of benzene rings is 1. The van der Waals surface area contributed by atoms with Gasteiger partial charge < -0.3 is 10.2 Å². The van der Waals surface area contributed by atoms with Crippen LogP contribution in [0.25, 0.3) is 0 Å². The van der Waals surface area contributed by atoms with Crippen LogP contribution in [0.1, 0.15) is 17.4 Å². The van der Waals surface area contributed by atoms with Gasteiger partial charge in [-0.15, -0.1) is 11.8 Å². The van der Waals surface area contributed by atoms with E-state index in [1.165, 1.54) is 0 Å². The van der Waals surface area contributed by atoms with E-state index in [0.717, 1.165) is 5.56 Å². The minimum absolute atomic E-state index is 0.0545. The van der Waals surface area contributed by atoms with Gasteiger partial charge in [0.2, 0.25) is 11.8 Å². The summed E-state index contributed by atoms with van der Waals surface area (Å²) in [5, 5.41) is 3.12. The molecule has 4 nitrogen and oxygen atoms in total. The summed E-state index contributed by atoms with van der Waals surface area (Å²) in [6.07, 6.45) is 0.309. The molecule has 0 saturated carbocycles. The van der Waals surface area contributed by atoms with Crippen LogP contribution in [-0.2, 0) is 9.59 Å². The van der Waals surface area contributed by atoms with Crippen molar-refractivity contribution in [1.82, 2.24) is 10.2 Å². The highest BCUT2D eigenvalue weighted by atomic mass is 35.5. The highest BCUT2D eigenvalue weighted by Crippen LogP contribution is 2.41. The number of amides is 2. The molecule has 0 spiro atoms. The molecular formula is C13H15ClN2O2S. The summed E-state index contributed by atoms with van der Waals surface area (Å²) in [6.45, 7) is 0.418. The number of carbonyl (C=O) groups excluding carboxylic acids is 2. The van der Waals surface area contributed by atoms with Gasteiger partial charge in [-0.1, -0.05) is 29.8 Å².